The van der Waals surface area contributed by atoms with E-state index in [1.807, 2.05) is 6.07 Å². The number of nitrogens with zero attached hydrogens (tertiary/aromatic N) is 1. The topological polar surface area (TPSA) is 117 Å². The number of hydrogen-bond acceptors (Lipinski definition) is 6. The van der Waals surface area contributed by atoms with Crippen LogP contribution in [0.5, 0.6) is 5.75 Å². The zero-order valence-electron chi connectivity index (χ0n) is 13.9. The van der Waals surface area contributed by atoms with Gasteiger partial charge in [0.15, 0.2) is 0 Å². The molecule has 0 radical (unpaired) electrons. The van der Waals surface area contributed by atoms with E-state index in [2.05, 4.69) is 15.5 Å². The fourth-order valence-electron chi connectivity index (χ4n) is 3.02. The Labute approximate surface area is 144 Å². The molecule has 3 N–H and O–H groups in total. The maximum Gasteiger partial charge on any atom is 0.280 e. The molecule has 25 heavy (non-hydrogen) atoms. The number of hydrogen-bond donors (Lipinski definition) is 3. The normalized spacial score (nSPS) is 20.6. The molecule has 134 valence electrons. The second kappa shape index (κ2) is 7.52. The van der Waals surface area contributed by atoms with Gasteiger partial charge in [-0.3, -0.25) is 14.6 Å². The fraction of sp³-hybridized carbons (Fsp3) is 0.471. The van der Waals surface area contributed by atoms with Crippen LogP contribution in [0.3, 0.4) is 0 Å². The number of amides is 1. The number of aromatic nitrogens is 2. The van der Waals surface area contributed by atoms with Crippen LogP contribution in [0.25, 0.3) is 0 Å². The summed E-state index contributed by atoms with van der Waals surface area (Å²) in [7, 11) is 1.56. The van der Waals surface area contributed by atoms with Gasteiger partial charge in [-0.15, -0.1) is 0 Å². The van der Waals surface area contributed by atoms with Crippen LogP contribution in [0.1, 0.15) is 36.6 Å². The van der Waals surface area contributed by atoms with E-state index in [-0.39, 0.29) is 36.0 Å². The van der Waals surface area contributed by atoms with Gasteiger partial charge in [0, 0.05) is 25.1 Å². The first-order valence-electron chi connectivity index (χ1n) is 8.19. The Hall–Kier alpha value is -2.61. The minimum atomic E-state index is -0.322. The molecule has 1 fully saturated rings. The third-order valence-electron chi connectivity index (χ3n) is 4.44. The zero-order chi connectivity index (χ0) is 17.8. The average Bonchev–Trinajstić information content (AvgIpc) is 3.01. The maximum absolute atomic E-state index is 12.3. The first kappa shape index (κ1) is 17.2. The van der Waals surface area contributed by atoms with E-state index in [9.17, 15) is 14.7 Å². The summed E-state index contributed by atoms with van der Waals surface area (Å²) in [5.74, 6) is 1.06. The summed E-state index contributed by atoms with van der Waals surface area (Å²) >= 11 is 0. The average molecular weight is 347 g/mol. The van der Waals surface area contributed by atoms with Gasteiger partial charge in [-0.2, -0.15) is 5.16 Å². The van der Waals surface area contributed by atoms with Crippen LogP contribution >= 0.6 is 0 Å². The largest absolute Gasteiger partial charge is 0.495 e. The second-order valence-corrected chi connectivity index (χ2v) is 6.27. The van der Waals surface area contributed by atoms with Gasteiger partial charge in [-0.1, -0.05) is 0 Å². The van der Waals surface area contributed by atoms with Gasteiger partial charge < -0.3 is 19.7 Å². The molecule has 0 bridgehead atoms. The smallest absolute Gasteiger partial charge is 0.280 e. The highest BCUT2D eigenvalue weighted by molar-refractivity contribution is 5.76. The Kier molecular flexibility index (Phi) is 5.18. The van der Waals surface area contributed by atoms with Crippen molar-refractivity contribution in [2.24, 2.45) is 5.92 Å². The summed E-state index contributed by atoms with van der Waals surface area (Å²) < 4.78 is 10.2. The van der Waals surface area contributed by atoms with Gasteiger partial charge in [0.2, 0.25) is 5.91 Å². The lowest BCUT2D eigenvalue weighted by Crippen LogP contribution is -2.41. The lowest BCUT2D eigenvalue weighted by atomic mass is 9.75. The zero-order valence-corrected chi connectivity index (χ0v) is 13.9. The number of nitrogens with one attached hydrogen (secondary N) is 2. The number of pyridine rings is 1. The van der Waals surface area contributed by atoms with Crippen LogP contribution in [0.2, 0.25) is 0 Å². The molecule has 1 aliphatic rings. The predicted octanol–water partition coefficient (Wildman–Crippen LogP) is 0.932. The van der Waals surface area contributed by atoms with Crippen molar-refractivity contribution in [1.82, 2.24) is 15.5 Å². The SMILES string of the molecule is COc1cncc([C@H](NC(=O)CCc2cc(=O)[nH]o2)C2CC(O)C2)c1. The van der Waals surface area contributed by atoms with E-state index in [0.717, 1.165) is 5.56 Å². The number of aromatic amines is 1. The third-order valence-corrected chi connectivity index (χ3v) is 4.44. The Morgan fingerprint density at radius 1 is 1.48 bits per heavy atom. The molecule has 1 aliphatic carbocycles. The number of carbonyl (C=O) groups is 1. The number of methoxy groups -OCH3 is 1. The molecule has 3 rings (SSSR count). The molecule has 2 aromatic heterocycles. The molecular weight excluding hydrogens is 326 g/mol. The van der Waals surface area contributed by atoms with Gasteiger partial charge >= 0.3 is 0 Å². The molecule has 1 atom stereocenters. The predicted molar refractivity (Wildman–Crippen MR) is 88.1 cm³/mol. The van der Waals surface area contributed by atoms with E-state index < -0.39 is 0 Å². The summed E-state index contributed by atoms with van der Waals surface area (Å²) in [6.45, 7) is 0. The van der Waals surface area contributed by atoms with Crippen molar-refractivity contribution in [1.29, 1.82) is 0 Å². The summed E-state index contributed by atoms with van der Waals surface area (Å²) in [6, 6.07) is 2.93. The van der Waals surface area contributed by atoms with Crippen molar-refractivity contribution in [3.63, 3.8) is 0 Å². The number of ether oxygens (including phenoxy) is 1. The molecule has 0 aromatic carbocycles. The quantitative estimate of drug-likeness (QED) is 0.686. The lowest BCUT2D eigenvalue weighted by molar-refractivity contribution is -0.123. The Morgan fingerprint density at radius 2 is 2.28 bits per heavy atom. The minimum absolute atomic E-state index is 0.151. The number of aryl methyl sites for hydroxylation is 1. The summed E-state index contributed by atoms with van der Waals surface area (Å²) in [5, 5.41) is 14.8. The highest BCUT2D eigenvalue weighted by Gasteiger charge is 2.36. The fourth-order valence-corrected chi connectivity index (χ4v) is 3.02. The van der Waals surface area contributed by atoms with Gasteiger partial charge in [0.25, 0.3) is 5.56 Å². The van der Waals surface area contributed by atoms with Crippen LogP contribution in [-0.4, -0.2) is 34.4 Å². The standard InChI is InChI=1S/C17H21N3O5/c1-24-14-6-11(8-18-9-14)17(10-4-12(21)5-10)19-15(22)3-2-13-7-16(23)20-25-13/h6-10,12,17,21H,2-5H2,1H3,(H,19,22)(H,20,23)/t10?,12?,17-/m1/s1. The summed E-state index contributed by atoms with van der Waals surface area (Å²) in [5.41, 5.74) is 0.525. The minimum Gasteiger partial charge on any atom is -0.495 e. The molecule has 1 amide bonds. The summed E-state index contributed by atoms with van der Waals surface area (Å²) in [6.07, 6.45) is 4.78. The highest BCUT2D eigenvalue weighted by Crippen LogP contribution is 2.38. The number of aliphatic hydroxyl groups excluding tert-OH is 1. The molecule has 0 spiro atoms. The van der Waals surface area contributed by atoms with Crippen LogP contribution in [0.4, 0.5) is 0 Å². The Bertz CT molecular complexity index is 778. The van der Waals surface area contributed by atoms with Crippen LogP contribution < -0.4 is 15.6 Å². The van der Waals surface area contributed by atoms with Gasteiger partial charge in [-0.25, -0.2) is 0 Å². The first-order valence-corrected chi connectivity index (χ1v) is 8.19. The van der Waals surface area contributed by atoms with E-state index >= 15 is 0 Å². The third kappa shape index (κ3) is 4.27. The molecule has 2 aromatic rings. The van der Waals surface area contributed by atoms with E-state index in [0.29, 0.717) is 30.8 Å². The molecular formula is C17H21N3O5. The lowest BCUT2D eigenvalue weighted by Gasteiger charge is -2.38. The molecule has 2 heterocycles. The van der Waals surface area contributed by atoms with Crippen molar-refractivity contribution in [3.05, 3.63) is 46.2 Å². The van der Waals surface area contributed by atoms with Gasteiger partial charge in [-0.05, 0) is 30.4 Å². The Balaban J connectivity index is 1.66. The van der Waals surface area contributed by atoms with Gasteiger partial charge in [0.1, 0.15) is 11.5 Å². The maximum atomic E-state index is 12.3. The van der Waals surface area contributed by atoms with E-state index in [1.54, 1.807) is 19.5 Å². The van der Waals surface area contributed by atoms with Crippen molar-refractivity contribution in [2.45, 2.75) is 37.8 Å². The molecule has 8 nitrogen and oxygen atoms in total. The summed E-state index contributed by atoms with van der Waals surface area (Å²) in [4.78, 5) is 27.5. The number of carbonyl (C=O) groups excluding carboxylic acids is 1. The van der Waals surface area contributed by atoms with Crippen molar-refractivity contribution in [3.8, 4) is 5.75 Å². The van der Waals surface area contributed by atoms with Gasteiger partial charge in [0.05, 0.1) is 25.5 Å². The van der Waals surface area contributed by atoms with Crippen molar-refractivity contribution < 1.29 is 19.2 Å². The molecule has 0 unspecified atom stereocenters. The number of rotatable bonds is 7. The van der Waals surface area contributed by atoms with E-state index in [4.69, 9.17) is 9.26 Å². The Morgan fingerprint density at radius 3 is 2.92 bits per heavy atom. The second-order valence-electron chi connectivity index (χ2n) is 6.27. The monoisotopic (exact) mass is 347 g/mol. The molecule has 8 heteroatoms. The van der Waals surface area contributed by atoms with Crippen molar-refractivity contribution >= 4 is 5.91 Å². The van der Waals surface area contributed by atoms with Crippen LogP contribution in [-0.2, 0) is 11.2 Å². The molecule has 0 saturated heterocycles. The number of H-pyrrole nitrogens is 1. The van der Waals surface area contributed by atoms with Crippen LogP contribution in [0, 0.1) is 5.92 Å². The highest BCUT2D eigenvalue weighted by atomic mass is 16.5. The first-order chi connectivity index (χ1) is 12.0. The molecule has 0 aliphatic heterocycles. The van der Waals surface area contributed by atoms with Crippen LogP contribution in [0.15, 0.2) is 33.8 Å². The van der Waals surface area contributed by atoms with Crippen molar-refractivity contribution in [2.75, 3.05) is 7.11 Å². The van der Waals surface area contributed by atoms with E-state index in [1.165, 1.54) is 6.07 Å². The molecule has 1 saturated carbocycles. The number of aliphatic hydroxyl groups is 1.